The second kappa shape index (κ2) is 9.40. The Kier molecular flexibility index (Phi) is 6.74. The van der Waals surface area contributed by atoms with Gasteiger partial charge >= 0.3 is 5.97 Å². The van der Waals surface area contributed by atoms with Gasteiger partial charge in [0, 0.05) is 31.9 Å². The van der Waals surface area contributed by atoms with Crippen molar-refractivity contribution < 1.29 is 39.2 Å². The number of likely N-dealkylation sites (tertiary alicyclic amines) is 1. The molecule has 0 spiro atoms. The van der Waals surface area contributed by atoms with Crippen molar-refractivity contribution in [3.05, 3.63) is 29.8 Å². The van der Waals surface area contributed by atoms with Crippen molar-refractivity contribution in [2.45, 2.75) is 50.4 Å². The Bertz CT molecular complexity index is 902. The third kappa shape index (κ3) is 4.37. The zero-order valence-corrected chi connectivity index (χ0v) is 18.7. The number of ether oxygens (including phenoxy) is 2. The number of carboxylic acids is 1. The number of aliphatic hydroxyl groups is 1. The van der Waals surface area contributed by atoms with Crippen molar-refractivity contribution in [1.82, 2.24) is 4.90 Å². The number of rotatable bonds is 9. The Balaban J connectivity index is 1.53. The molecule has 4 rings (SSSR count). The van der Waals surface area contributed by atoms with Crippen LogP contribution in [0.3, 0.4) is 0 Å². The molecule has 9 nitrogen and oxygen atoms in total. The number of phenols is 1. The second-order valence-electron chi connectivity index (χ2n) is 9.34. The summed E-state index contributed by atoms with van der Waals surface area (Å²) in [5, 5.41) is 30.0. The van der Waals surface area contributed by atoms with E-state index < -0.39 is 41.5 Å². The summed E-state index contributed by atoms with van der Waals surface area (Å²) >= 11 is 0. The van der Waals surface area contributed by atoms with Crippen LogP contribution in [0.25, 0.3) is 0 Å². The van der Waals surface area contributed by atoms with Gasteiger partial charge in [-0.2, -0.15) is 0 Å². The van der Waals surface area contributed by atoms with Gasteiger partial charge in [0.15, 0.2) is 5.79 Å². The molecular formula is C24H31NO8. The zero-order chi connectivity index (χ0) is 23.8. The summed E-state index contributed by atoms with van der Waals surface area (Å²) in [6.07, 6.45) is 1.95. The van der Waals surface area contributed by atoms with Crippen LogP contribution in [0.2, 0.25) is 0 Å². The molecule has 0 bridgehead atoms. The van der Waals surface area contributed by atoms with Gasteiger partial charge in [0.2, 0.25) is 11.8 Å². The fraction of sp³-hybridized carbons (Fsp3) is 0.625. The van der Waals surface area contributed by atoms with Crippen LogP contribution in [0.1, 0.15) is 50.2 Å². The van der Waals surface area contributed by atoms with Gasteiger partial charge in [-0.3, -0.25) is 19.3 Å². The molecule has 0 aromatic heterocycles. The number of aliphatic carboxylic acids is 1. The maximum absolute atomic E-state index is 13.3. The van der Waals surface area contributed by atoms with Crippen LogP contribution >= 0.6 is 0 Å². The normalized spacial score (nSPS) is 33.3. The Hall–Kier alpha value is -2.49. The molecule has 180 valence electrons. The van der Waals surface area contributed by atoms with E-state index in [9.17, 15) is 24.6 Å². The standard InChI is InChI=1S/C24H31NO8/c1-32-13-15-11-17-21(23(30)25(22(17)29)10-4-2-3-5-20(27)28)18-12-19(33-24(15,18)31)14-6-8-16(26)9-7-14/h6-9,15,17-19,21,26,31H,2-5,10-13H2,1H3,(H,27,28)/t15-,17+,18+,19+,21+,24-/m1/s1. The average Bonchev–Trinajstić information content (AvgIpc) is 3.24. The Morgan fingerprint density at radius 1 is 1.15 bits per heavy atom. The van der Waals surface area contributed by atoms with Crippen LogP contribution in [0.4, 0.5) is 0 Å². The number of methoxy groups -OCH3 is 1. The highest BCUT2D eigenvalue weighted by Gasteiger charge is 2.66. The number of amides is 2. The van der Waals surface area contributed by atoms with Crippen LogP contribution in [0, 0.1) is 23.7 Å². The number of carbonyl (C=O) groups excluding carboxylic acids is 2. The molecule has 1 aromatic rings. The summed E-state index contributed by atoms with van der Waals surface area (Å²) in [4.78, 5) is 38.5. The molecule has 2 amide bonds. The highest BCUT2D eigenvalue weighted by atomic mass is 16.6. The van der Waals surface area contributed by atoms with Crippen LogP contribution in [-0.2, 0) is 23.9 Å². The Labute approximate surface area is 192 Å². The molecule has 2 aliphatic heterocycles. The summed E-state index contributed by atoms with van der Waals surface area (Å²) in [5.41, 5.74) is 0.787. The van der Waals surface area contributed by atoms with Crippen LogP contribution in [0.15, 0.2) is 24.3 Å². The van der Waals surface area contributed by atoms with Crippen molar-refractivity contribution in [3.63, 3.8) is 0 Å². The van der Waals surface area contributed by atoms with Gasteiger partial charge in [0.25, 0.3) is 0 Å². The smallest absolute Gasteiger partial charge is 0.303 e. The van der Waals surface area contributed by atoms with Gasteiger partial charge in [-0.1, -0.05) is 18.6 Å². The van der Waals surface area contributed by atoms with Gasteiger partial charge in [0.1, 0.15) is 5.75 Å². The molecule has 6 atom stereocenters. The highest BCUT2D eigenvalue weighted by Crippen LogP contribution is 2.58. The fourth-order valence-electron chi connectivity index (χ4n) is 5.78. The van der Waals surface area contributed by atoms with E-state index in [1.54, 1.807) is 24.3 Å². The van der Waals surface area contributed by atoms with Crippen LogP contribution in [0.5, 0.6) is 5.75 Å². The summed E-state index contributed by atoms with van der Waals surface area (Å²) in [6, 6.07) is 6.57. The number of unbranched alkanes of at least 4 members (excludes halogenated alkanes) is 2. The van der Waals surface area contributed by atoms with Gasteiger partial charge in [-0.25, -0.2) is 0 Å². The summed E-state index contributed by atoms with van der Waals surface area (Å²) in [7, 11) is 1.53. The number of fused-ring (bicyclic) bond motifs is 3. The maximum atomic E-state index is 13.3. The molecule has 3 aliphatic rings. The monoisotopic (exact) mass is 461 g/mol. The van der Waals surface area contributed by atoms with Crippen molar-refractivity contribution >= 4 is 17.8 Å². The number of imide groups is 1. The topological polar surface area (TPSA) is 134 Å². The van der Waals surface area contributed by atoms with Gasteiger partial charge in [0.05, 0.1) is 24.5 Å². The first-order valence-corrected chi connectivity index (χ1v) is 11.5. The summed E-state index contributed by atoms with van der Waals surface area (Å²) < 4.78 is 11.5. The van der Waals surface area contributed by atoms with Gasteiger partial charge < -0.3 is 24.8 Å². The molecule has 3 fully saturated rings. The maximum Gasteiger partial charge on any atom is 0.303 e. The number of carboxylic acid groups (broad SMARTS) is 1. The van der Waals surface area contributed by atoms with Crippen molar-refractivity contribution in [1.29, 1.82) is 0 Å². The third-order valence-corrected chi connectivity index (χ3v) is 7.36. The number of hydrogen-bond donors (Lipinski definition) is 3. The third-order valence-electron chi connectivity index (χ3n) is 7.36. The van der Waals surface area contributed by atoms with E-state index in [2.05, 4.69) is 0 Å². The van der Waals surface area contributed by atoms with E-state index >= 15 is 0 Å². The molecular weight excluding hydrogens is 430 g/mol. The molecule has 2 heterocycles. The fourth-order valence-corrected chi connectivity index (χ4v) is 5.78. The van der Waals surface area contributed by atoms with E-state index in [-0.39, 0.29) is 37.1 Å². The number of phenolic OH excluding ortho intramolecular Hbond substituents is 1. The van der Waals surface area contributed by atoms with E-state index in [0.717, 1.165) is 5.56 Å². The molecule has 9 heteroatoms. The van der Waals surface area contributed by atoms with E-state index in [4.69, 9.17) is 14.6 Å². The quantitative estimate of drug-likeness (QED) is 0.376. The average molecular weight is 462 g/mol. The lowest BCUT2D eigenvalue weighted by molar-refractivity contribution is -0.275. The van der Waals surface area contributed by atoms with Crippen molar-refractivity contribution in [3.8, 4) is 5.75 Å². The minimum absolute atomic E-state index is 0.0664. The minimum atomic E-state index is -1.59. The molecule has 0 unspecified atom stereocenters. The first-order chi connectivity index (χ1) is 15.8. The largest absolute Gasteiger partial charge is 0.508 e. The molecule has 1 aromatic carbocycles. The molecule has 3 N–H and O–H groups in total. The highest BCUT2D eigenvalue weighted by molar-refractivity contribution is 6.05. The molecule has 2 saturated heterocycles. The SMILES string of the molecule is COC[C@H]1C[C@@H]2C(=O)N(CCCCCC(=O)O)C(=O)[C@@H]2[C@@H]2C[C@@H](c3ccc(O)cc3)O[C@]12O. The first-order valence-electron chi connectivity index (χ1n) is 11.5. The molecule has 1 saturated carbocycles. The predicted octanol–water partition coefficient (Wildman–Crippen LogP) is 2.07. The predicted molar refractivity (Wildman–Crippen MR) is 115 cm³/mol. The minimum Gasteiger partial charge on any atom is -0.508 e. The number of carbonyl (C=O) groups is 3. The van der Waals surface area contributed by atoms with E-state index in [1.165, 1.54) is 12.0 Å². The molecule has 1 aliphatic carbocycles. The lowest BCUT2D eigenvalue weighted by atomic mass is 9.64. The van der Waals surface area contributed by atoms with Crippen LogP contribution < -0.4 is 0 Å². The van der Waals surface area contributed by atoms with Gasteiger partial charge in [-0.15, -0.1) is 0 Å². The van der Waals surface area contributed by atoms with Crippen molar-refractivity contribution in [2.24, 2.45) is 23.7 Å². The lowest BCUT2D eigenvalue weighted by Gasteiger charge is -2.44. The van der Waals surface area contributed by atoms with Crippen molar-refractivity contribution in [2.75, 3.05) is 20.3 Å². The lowest BCUT2D eigenvalue weighted by Crippen LogP contribution is -2.54. The number of benzene rings is 1. The Morgan fingerprint density at radius 3 is 2.55 bits per heavy atom. The summed E-state index contributed by atoms with van der Waals surface area (Å²) in [5.74, 6) is -5.01. The van der Waals surface area contributed by atoms with E-state index in [1.807, 2.05) is 0 Å². The first kappa shape index (κ1) is 23.7. The van der Waals surface area contributed by atoms with E-state index in [0.29, 0.717) is 32.1 Å². The number of hydrogen-bond acceptors (Lipinski definition) is 7. The Morgan fingerprint density at radius 2 is 1.88 bits per heavy atom. The van der Waals surface area contributed by atoms with Crippen LogP contribution in [-0.4, -0.2) is 64.1 Å². The number of aromatic hydroxyl groups is 1. The second-order valence-corrected chi connectivity index (χ2v) is 9.34. The van der Waals surface area contributed by atoms with Gasteiger partial charge in [-0.05, 0) is 43.4 Å². The molecule has 33 heavy (non-hydrogen) atoms. The summed E-state index contributed by atoms with van der Waals surface area (Å²) in [6.45, 7) is 0.460. The number of nitrogens with zero attached hydrogens (tertiary/aromatic N) is 1. The zero-order valence-electron chi connectivity index (χ0n) is 18.7. The molecule has 0 radical (unpaired) electrons.